The monoisotopic (exact) mass is 171 g/mol. The minimum absolute atomic E-state index is 0.286. The van der Waals surface area contributed by atoms with Gasteiger partial charge in [-0.25, -0.2) is 14.5 Å². The van der Waals surface area contributed by atoms with E-state index in [9.17, 15) is 9.59 Å². The zero-order chi connectivity index (χ0) is 8.88. The van der Waals surface area contributed by atoms with Crippen molar-refractivity contribution in [1.82, 2.24) is 15.1 Å². The Bertz CT molecular complexity index is 254. The maximum absolute atomic E-state index is 11.3. The first kappa shape index (κ1) is 7.35. The van der Waals surface area contributed by atoms with E-state index < -0.39 is 6.03 Å². The Morgan fingerprint density at radius 3 is 2.75 bits per heavy atom. The van der Waals surface area contributed by atoms with Crippen molar-refractivity contribution in [3.8, 4) is 0 Å². The molecule has 0 spiro atoms. The predicted octanol–water partition coefficient (Wildman–Crippen LogP) is -0.624. The highest BCUT2D eigenvalue weighted by atomic mass is 16.6. The molecule has 6 heteroatoms. The molecule has 2 rings (SSSR count). The van der Waals surface area contributed by atoms with E-state index in [1.165, 1.54) is 11.9 Å². The maximum atomic E-state index is 11.3. The molecule has 4 amide bonds. The van der Waals surface area contributed by atoms with Crippen LogP contribution in [0.4, 0.5) is 9.59 Å². The molecule has 2 fully saturated rings. The molecule has 1 N–H and O–H groups in total. The van der Waals surface area contributed by atoms with Gasteiger partial charge in [-0.3, -0.25) is 4.90 Å². The van der Waals surface area contributed by atoms with E-state index >= 15 is 0 Å². The van der Waals surface area contributed by atoms with Crippen molar-refractivity contribution in [1.29, 1.82) is 0 Å². The Morgan fingerprint density at radius 1 is 1.42 bits per heavy atom. The Morgan fingerprint density at radius 2 is 2.08 bits per heavy atom. The van der Waals surface area contributed by atoms with Crippen LogP contribution < -0.4 is 5.32 Å². The van der Waals surface area contributed by atoms with Gasteiger partial charge in [-0.1, -0.05) is 0 Å². The number of rotatable bonds is 0. The standard InChI is InChI=1S/C6H9N3O3/c1-8-4-3(12-4)7-5(10)9(2)6(8)11/h3-4H,1-2H3,(H,7,10). The molecule has 2 aliphatic heterocycles. The lowest BCUT2D eigenvalue weighted by Gasteiger charge is -2.18. The van der Waals surface area contributed by atoms with Crippen LogP contribution in [0.2, 0.25) is 0 Å². The molecule has 0 bridgehead atoms. The molecule has 0 aliphatic carbocycles. The summed E-state index contributed by atoms with van der Waals surface area (Å²) in [5.74, 6) is 0. The summed E-state index contributed by atoms with van der Waals surface area (Å²) in [6, 6.07) is -0.769. The highest BCUT2D eigenvalue weighted by Gasteiger charge is 2.49. The molecule has 2 unspecified atom stereocenters. The second kappa shape index (κ2) is 2.10. The van der Waals surface area contributed by atoms with Gasteiger partial charge in [0.2, 0.25) is 0 Å². The van der Waals surface area contributed by atoms with Crippen molar-refractivity contribution >= 4 is 12.1 Å². The molecule has 0 aromatic heterocycles. The second-order valence-corrected chi connectivity index (χ2v) is 2.85. The molecule has 2 atom stereocenters. The van der Waals surface area contributed by atoms with Crippen LogP contribution in [0.15, 0.2) is 0 Å². The lowest BCUT2D eigenvalue weighted by Crippen LogP contribution is -2.43. The smallest absolute Gasteiger partial charge is 0.326 e. The fourth-order valence-electron chi connectivity index (χ4n) is 1.16. The van der Waals surface area contributed by atoms with Gasteiger partial charge in [0.15, 0.2) is 12.5 Å². The van der Waals surface area contributed by atoms with Gasteiger partial charge in [0, 0.05) is 14.1 Å². The van der Waals surface area contributed by atoms with Gasteiger partial charge >= 0.3 is 12.1 Å². The number of nitrogens with one attached hydrogen (secondary N) is 1. The number of nitrogens with zero attached hydrogens (tertiary/aromatic N) is 2. The summed E-state index contributed by atoms with van der Waals surface area (Å²) in [6.07, 6.45) is -0.609. The van der Waals surface area contributed by atoms with E-state index in [1.807, 2.05) is 0 Å². The first-order valence-electron chi connectivity index (χ1n) is 3.58. The Hall–Kier alpha value is -1.30. The van der Waals surface area contributed by atoms with Gasteiger partial charge < -0.3 is 10.1 Å². The summed E-state index contributed by atoms with van der Waals surface area (Å²) >= 11 is 0. The summed E-state index contributed by atoms with van der Waals surface area (Å²) in [4.78, 5) is 24.8. The van der Waals surface area contributed by atoms with Crippen LogP contribution in [-0.4, -0.2) is 48.4 Å². The van der Waals surface area contributed by atoms with E-state index in [4.69, 9.17) is 4.74 Å². The summed E-state index contributed by atoms with van der Waals surface area (Å²) in [5.41, 5.74) is 0. The van der Waals surface area contributed by atoms with Crippen LogP contribution in [0.3, 0.4) is 0 Å². The van der Waals surface area contributed by atoms with E-state index in [-0.39, 0.29) is 18.5 Å². The van der Waals surface area contributed by atoms with Crippen molar-refractivity contribution < 1.29 is 14.3 Å². The maximum Gasteiger partial charge on any atom is 0.329 e. The molecule has 12 heavy (non-hydrogen) atoms. The van der Waals surface area contributed by atoms with Crippen molar-refractivity contribution in [3.05, 3.63) is 0 Å². The Kier molecular flexibility index (Phi) is 1.29. The molecule has 2 aliphatic rings. The predicted molar refractivity (Wildman–Crippen MR) is 38.1 cm³/mol. The number of likely N-dealkylation sites (N-methyl/N-ethyl adjacent to an activating group) is 1. The number of imide groups is 1. The van der Waals surface area contributed by atoms with Crippen LogP contribution in [0, 0.1) is 0 Å². The SMILES string of the molecule is CN1C(=O)NC2OC2N(C)C1=O. The van der Waals surface area contributed by atoms with Gasteiger partial charge in [0.1, 0.15) is 0 Å². The van der Waals surface area contributed by atoms with Gasteiger partial charge in [-0.05, 0) is 0 Å². The average Bonchev–Trinajstić information content (AvgIpc) is 2.79. The number of ether oxygens (including phenoxy) is 1. The van der Waals surface area contributed by atoms with Crippen LogP contribution in [0.1, 0.15) is 0 Å². The lowest BCUT2D eigenvalue weighted by molar-refractivity contribution is 0.148. The minimum atomic E-state index is -0.420. The molecule has 66 valence electrons. The van der Waals surface area contributed by atoms with Crippen LogP contribution in [0.25, 0.3) is 0 Å². The first-order chi connectivity index (χ1) is 5.61. The highest BCUT2D eigenvalue weighted by Crippen LogP contribution is 2.25. The minimum Gasteiger partial charge on any atom is -0.326 e. The molecular formula is C6H9N3O3. The van der Waals surface area contributed by atoms with Crippen molar-refractivity contribution in [2.45, 2.75) is 12.5 Å². The zero-order valence-corrected chi connectivity index (χ0v) is 6.77. The largest absolute Gasteiger partial charge is 0.329 e. The van der Waals surface area contributed by atoms with Gasteiger partial charge in [0.25, 0.3) is 0 Å². The molecular weight excluding hydrogens is 162 g/mol. The number of hydrogen-bond donors (Lipinski definition) is 1. The van der Waals surface area contributed by atoms with Gasteiger partial charge in [0.05, 0.1) is 0 Å². The Balaban J connectivity index is 2.23. The van der Waals surface area contributed by atoms with E-state index in [2.05, 4.69) is 5.32 Å². The summed E-state index contributed by atoms with van der Waals surface area (Å²) in [6.45, 7) is 0. The molecule has 2 saturated heterocycles. The van der Waals surface area contributed by atoms with E-state index in [1.54, 1.807) is 7.05 Å². The van der Waals surface area contributed by atoms with E-state index in [0.29, 0.717) is 0 Å². The molecule has 2 heterocycles. The Labute approximate surface area is 69.1 Å². The van der Waals surface area contributed by atoms with Crippen molar-refractivity contribution in [2.75, 3.05) is 14.1 Å². The lowest BCUT2D eigenvalue weighted by atomic mass is 10.6. The quantitative estimate of drug-likeness (QED) is 0.494. The fraction of sp³-hybridized carbons (Fsp3) is 0.667. The third-order valence-electron chi connectivity index (χ3n) is 2.01. The molecule has 0 saturated carbocycles. The number of fused-ring (bicyclic) bond motifs is 1. The normalized spacial score (nSPS) is 34.2. The topological polar surface area (TPSA) is 65.2 Å². The molecule has 6 nitrogen and oxygen atoms in total. The fourth-order valence-corrected chi connectivity index (χ4v) is 1.16. The summed E-state index contributed by atoms with van der Waals surface area (Å²) in [5, 5.41) is 2.53. The van der Waals surface area contributed by atoms with Gasteiger partial charge in [-0.15, -0.1) is 0 Å². The van der Waals surface area contributed by atoms with Crippen LogP contribution >= 0.6 is 0 Å². The number of urea groups is 2. The third kappa shape index (κ3) is 0.845. The molecule has 0 radical (unpaired) electrons. The zero-order valence-electron chi connectivity index (χ0n) is 6.77. The highest BCUT2D eigenvalue weighted by molar-refractivity contribution is 5.94. The van der Waals surface area contributed by atoms with E-state index in [0.717, 1.165) is 4.90 Å². The van der Waals surface area contributed by atoms with Crippen molar-refractivity contribution in [2.24, 2.45) is 0 Å². The molecule has 0 aromatic carbocycles. The number of amides is 4. The number of hydrogen-bond acceptors (Lipinski definition) is 3. The average molecular weight is 171 g/mol. The van der Waals surface area contributed by atoms with Crippen molar-refractivity contribution in [3.63, 3.8) is 0 Å². The number of epoxide rings is 1. The molecule has 0 aromatic rings. The van der Waals surface area contributed by atoms with Crippen LogP contribution in [-0.2, 0) is 4.74 Å². The summed E-state index contributed by atoms with van der Waals surface area (Å²) < 4.78 is 5.01. The third-order valence-corrected chi connectivity index (χ3v) is 2.01. The number of carbonyl (C=O) groups excluding carboxylic acids is 2. The van der Waals surface area contributed by atoms with Gasteiger partial charge in [-0.2, -0.15) is 0 Å². The summed E-state index contributed by atoms with van der Waals surface area (Å²) in [7, 11) is 3.03. The first-order valence-corrected chi connectivity index (χ1v) is 3.58. The number of carbonyl (C=O) groups is 2. The van der Waals surface area contributed by atoms with Crippen LogP contribution in [0.5, 0.6) is 0 Å². The second-order valence-electron chi connectivity index (χ2n) is 2.85.